The van der Waals surface area contributed by atoms with Crippen molar-refractivity contribution in [2.24, 2.45) is 7.05 Å². The average Bonchev–Trinajstić information content (AvgIpc) is 3.40. The molecule has 1 amide bonds. The number of aromatic nitrogens is 2. The zero-order chi connectivity index (χ0) is 27.9. The number of anilines is 1. The van der Waals surface area contributed by atoms with Crippen molar-refractivity contribution >= 4 is 34.1 Å². The van der Waals surface area contributed by atoms with Crippen LogP contribution in [0.3, 0.4) is 0 Å². The van der Waals surface area contributed by atoms with Crippen LogP contribution in [0.5, 0.6) is 11.5 Å². The summed E-state index contributed by atoms with van der Waals surface area (Å²) < 4.78 is 12.7. The van der Waals surface area contributed by atoms with E-state index in [1.165, 1.54) is 22.0 Å². The second kappa shape index (κ2) is 13.1. The average molecular weight is 559 g/mol. The lowest BCUT2D eigenvalue weighted by molar-refractivity contribution is 0.0950. The van der Waals surface area contributed by atoms with Gasteiger partial charge in [-0.05, 0) is 61.3 Å². The molecule has 0 bridgehead atoms. The van der Waals surface area contributed by atoms with Crippen LogP contribution in [0.25, 0.3) is 10.8 Å². The molecule has 0 unspecified atom stereocenters. The van der Waals surface area contributed by atoms with Crippen molar-refractivity contribution in [2.45, 2.75) is 42.5 Å². The molecule has 4 aromatic rings. The van der Waals surface area contributed by atoms with Gasteiger partial charge in [0.05, 0.1) is 19.8 Å². The molecular formula is C32H38N4O3S. The molecule has 1 aromatic heterocycles. The van der Waals surface area contributed by atoms with Gasteiger partial charge in [0.1, 0.15) is 11.5 Å². The van der Waals surface area contributed by atoms with Crippen molar-refractivity contribution in [3.05, 3.63) is 78.1 Å². The standard InChI is InChI=1S/C32H38N4O3S/c1-35-19-16-34-32(35)40-26-13-17-36(18-14-26)29-21-23(20-24-9-4-5-10-27(24)29)8-6-7-15-33-31(37)28-12-11-25(38-2)22-30(28)39-3/h4-5,9-12,16,19-22,26H,6-8,13-15,17-18H2,1-3H3,(H,33,37). The summed E-state index contributed by atoms with van der Waals surface area (Å²) in [6.07, 6.45) is 9.07. The van der Waals surface area contributed by atoms with Crippen LogP contribution in [0, 0.1) is 0 Å². The van der Waals surface area contributed by atoms with Gasteiger partial charge in [0.15, 0.2) is 5.16 Å². The molecule has 1 fully saturated rings. The number of imidazole rings is 1. The Morgan fingerprint density at radius 1 is 1.05 bits per heavy atom. The highest BCUT2D eigenvalue weighted by molar-refractivity contribution is 7.99. The van der Waals surface area contributed by atoms with E-state index in [1.807, 2.05) is 24.2 Å². The molecule has 3 aromatic carbocycles. The van der Waals surface area contributed by atoms with Crippen LogP contribution >= 0.6 is 11.8 Å². The quantitative estimate of drug-likeness (QED) is 0.224. The van der Waals surface area contributed by atoms with E-state index < -0.39 is 0 Å². The highest BCUT2D eigenvalue weighted by Gasteiger charge is 2.23. The van der Waals surface area contributed by atoms with Crippen LogP contribution in [0.2, 0.25) is 0 Å². The molecule has 0 saturated carbocycles. The zero-order valence-electron chi connectivity index (χ0n) is 23.6. The molecule has 2 heterocycles. The summed E-state index contributed by atoms with van der Waals surface area (Å²) in [7, 11) is 5.22. The number of rotatable bonds is 11. The number of unbranched alkanes of at least 4 members (excludes halogenated alkanes) is 1. The number of fused-ring (bicyclic) bond motifs is 1. The number of amides is 1. The minimum absolute atomic E-state index is 0.128. The summed E-state index contributed by atoms with van der Waals surface area (Å²) in [5, 5.41) is 7.35. The van der Waals surface area contributed by atoms with Gasteiger partial charge in [-0.25, -0.2) is 4.98 Å². The Labute approximate surface area is 240 Å². The van der Waals surface area contributed by atoms with Crippen molar-refractivity contribution in [3.8, 4) is 11.5 Å². The molecule has 0 spiro atoms. The van der Waals surface area contributed by atoms with E-state index in [-0.39, 0.29) is 5.91 Å². The van der Waals surface area contributed by atoms with Gasteiger partial charge >= 0.3 is 0 Å². The van der Waals surface area contributed by atoms with Crippen molar-refractivity contribution in [2.75, 3.05) is 38.8 Å². The normalized spacial score (nSPS) is 13.9. The number of ether oxygens (including phenoxy) is 2. The van der Waals surface area contributed by atoms with Crippen LogP contribution < -0.4 is 19.7 Å². The topological polar surface area (TPSA) is 68.6 Å². The third kappa shape index (κ3) is 6.55. The fraction of sp³-hybridized carbons (Fsp3) is 0.375. The van der Waals surface area contributed by atoms with E-state index in [4.69, 9.17) is 9.47 Å². The highest BCUT2D eigenvalue weighted by atomic mass is 32.2. The zero-order valence-corrected chi connectivity index (χ0v) is 24.4. The van der Waals surface area contributed by atoms with Crippen molar-refractivity contribution in [3.63, 3.8) is 0 Å². The van der Waals surface area contributed by atoms with Gasteiger partial charge < -0.3 is 24.3 Å². The number of benzene rings is 3. The molecular weight excluding hydrogens is 520 g/mol. The first-order chi connectivity index (χ1) is 19.6. The number of aryl methyl sites for hydroxylation is 2. The van der Waals surface area contributed by atoms with Crippen LogP contribution in [-0.4, -0.2) is 54.6 Å². The Kier molecular flexibility index (Phi) is 9.16. The summed E-state index contributed by atoms with van der Waals surface area (Å²) in [5.74, 6) is 1.05. The lowest BCUT2D eigenvalue weighted by Crippen LogP contribution is -2.35. The maximum Gasteiger partial charge on any atom is 0.255 e. The molecule has 210 valence electrons. The van der Waals surface area contributed by atoms with E-state index in [0.29, 0.717) is 28.9 Å². The second-order valence-electron chi connectivity index (χ2n) is 10.2. The molecule has 40 heavy (non-hydrogen) atoms. The van der Waals surface area contributed by atoms with Gasteiger partial charge in [-0.3, -0.25) is 4.79 Å². The van der Waals surface area contributed by atoms with Crippen LogP contribution in [0.4, 0.5) is 5.69 Å². The first-order valence-electron chi connectivity index (χ1n) is 14.0. The Morgan fingerprint density at radius 2 is 1.88 bits per heavy atom. The number of thioether (sulfide) groups is 1. The Bertz CT molecular complexity index is 1450. The van der Waals surface area contributed by atoms with Crippen molar-refractivity contribution in [1.82, 2.24) is 14.9 Å². The third-order valence-corrected chi connectivity index (χ3v) is 8.97. The molecule has 1 aliphatic rings. The fourth-order valence-electron chi connectivity index (χ4n) is 5.32. The Hall–Kier alpha value is -3.65. The minimum atomic E-state index is -0.128. The molecule has 1 saturated heterocycles. The first kappa shape index (κ1) is 27.9. The van der Waals surface area contributed by atoms with E-state index >= 15 is 0 Å². The van der Waals surface area contributed by atoms with Crippen LogP contribution in [0.15, 0.2) is 72.1 Å². The van der Waals surface area contributed by atoms with Gasteiger partial charge in [-0.15, -0.1) is 0 Å². The van der Waals surface area contributed by atoms with Crippen LogP contribution in [-0.2, 0) is 13.5 Å². The summed E-state index contributed by atoms with van der Waals surface area (Å²) in [6.45, 7) is 2.72. The van der Waals surface area contributed by atoms with Gasteiger partial charge in [0.25, 0.3) is 5.91 Å². The number of hydrogen-bond acceptors (Lipinski definition) is 6. The molecule has 1 aliphatic heterocycles. The third-order valence-electron chi connectivity index (χ3n) is 7.56. The SMILES string of the molecule is COc1ccc(C(=O)NCCCCc2cc(N3CCC(Sc4nccn4C)CC3)c3ccccc3c2)c(OC)c1. The first-order valence-corrected chi connectivity index (χ1v) is 14.8. The summed E-state index contributed by atoms with van der Waals surface area (Å²) >= 11 is 1.90. The Balaban J connectivity index is 1.17. The largest absolute Gasteiger partial charge is 0.497 e. The number of nitrogens with zero attached hydrogens (tertiary/aromatic N) is 3. The van der Waals surface area contributed by atoms with Crippen LogP contribution in [0.1, 0.15) is 41.6 Å². The number of nitrogens with one attached hydrogen (secondary N) is 1. The van der Waals surface area contributed by atoms with E-state index in [0.717, 1.165) is 50.4 Å². The van der Waals surface area contributed by atoms with Gasteiger partial charge in [-0.2, -0.15) is 0 Å². The van der Waals surface area contributed by atoms with Crippen molar-refractivity contribution < 1.29 is 14.3 Å². The number of methoxy groups -OCH3 is 2. The number of piperidine rings is 1. The second-order valence-corrected chi connectivity index (χ2v) is 11.5. The predicted molar refractivity (Wildman–Crippen MR) is 163 cm³/mol. The van der Waals surface area contributed by atoms with E-state index in [2.05, 4.69) is 63.2 Å². The molecule has 8 heteroatoms. The Morgan fingerprint density at radius 3 is 2.62 bits per heavy atom. The molecule has 0 radical (unpaired) electrons. The fourth-order valence-corrected chi connectivity index (χ4v) is 6.42. The monoisotopic (exact) mass is 558 g/mol. The number of hydrogen-bond donors (Lipinski definition) is 1. The minimum Gasteiger partial charge on any atom is -0.497 e. The van der Waals surface area contributed by atoms with Gasteiger partial charge in [0.2, 0.25) is 0 Å². The summed E-state index contributed by atoms with van der Waals surface area (Å²) in [5.41, 5.74) is 3.21. The van der Waals surface area contributed by atoms with E-state index in [9.17, 15) is 4.79 Å². The highest BCUT2D eigenvalue weighted by Crippen LogP contribution is 2.35. The summed E-state index contributed by atoms with van der Waals surface area (Å²) in [6, 6.07) is 18.7. The van der Waals surface area contributed by atoms with Gasteiger partial charge in [0, 0.05) is 61.5 Å². The van der Waals surface area contributed by atoms with Gasteiger partial charge in [-0.1, -0.05) is 42.1 Å². The number of carbonyl (C=O) groups is 1. The predicted octanol–water partition coefficient (Wildman–Crippen LogP) is 6.10. The smallest absolute Gasteiger partial charge is 0.255 e. The maximum atomic E-state index is 12.7. The summed E-state index contributed by atoms with van der Waals surface area (Å²) in [4.78, 5) is 19.8. The molecule has 1 N–H and O–H groups in total. The molecule has 0 atom stereocenters. The molecule has 7 nitrogen and oxygen atoms in total. The molecule has 5 rings (SSSR count). The molecule has 0 aliphatic carbocycles. The lowest BCUT2D eigenvalue weighted by Gasteiger charge is -2.34. The lowest BCUT2D eigenvalue weighted by atomic mass is 9.99. The van der Waals surface area contributed by atoms with Crippen molar-refractivity contribution in [1.29, 1.82) is 0 Å². The van der Waals surface area contributed by atoms with E-state index in [1.54, 1.807) is 32.4 Å². The maximum absolute atomic E-state index is 12.7. The number of carbonyl (C=O) groups excluding carboxylic acids is 1.